The highest BCUT2D eigenvalue weighted by molar-refractivity contribution is 4.86. The van der Waals surface area contributed by atoms with E-state index in [1.807, 2.05) is 7.05 Å². The fraction of sp³-hybridized carbons (Fsp3) is 1.00. The van der Waals surface area contributed by atoms with Crippen LogP contribution in [0, 0.1) is 5.41 Å². The molecule has 0 aromatic carbocycles. The first-order chi connectivity index (χ1) is 7.41. The van der Waals surface area contributed by atoms with Crippen molar-refractivity contribution in [1.82, 2.24) is 10.2 Å². The van der Waals surface area contributed by atoms with Crippen molar-refractivity contribution in [3.8, 4) is 0 Å². The van der Waals surface area contributed by atoms with Gasteiger partial charge in [-0.1, -0.05) is 13.8 Å². The van der Waals surface area contributed by atoms with E-state index in [0.717, 1.165) is 13.1 Å². The number of aliphatic hydroxyl groups excluding tert-OH is 1. The zero-order chi connectivity index (χ0) is 12.2. The van der Waals surface area contributed by atoms with Crippen molar-refractivity contribution in [2.24, 2.45) is 5.41 Å². The van der Waals surface area contributed by atoms with Gasteiger partial charge < -0.3 is 15.3 Å². The highest BCUT2D eigenvalue weighted by Crippen LogP contribution is 2.30. The van der Waals surface area contributed by atoms with E-state index in [1.165, 1.54) is 25.8 Å². The number of likely N-dealkylation sites (tertiary alicyclic amines) is 1. The summed E-state index contributed by atoms with van der Waals surface area (Å²) in [6, 6.07) is 0. The van der Waals surface area contributed by atoms with Crippen molar-refractivity contribution in [1.29, 1.82) is 0 Å². The molecular formula is C13H28N2O. The van der Waals surface area contributed by atoms with Crippen LogP contribution in [0.3, 0.4) is 0 Å². The standard InChI is InChI=1S/C13H28N2O/c1-12(2)6-5-8-15(9-7-12)10-13(3,11-16)14-4/h14,16H,5-11H2,1-4H3. The van der Waals surface area contributed by atoms with Gasteiger partial charge in [0.05, 0.1) is 12.1 Å². The molecule has 16 heavy (non-hydrogen) atoms. The molecule has 0 spiro atoms. The zero-order valence-electron chi connectivity index (χ0n) is 11.3. The summed E-state index contributed by atoms with van der Waals surface area (Å²) in [5.41, 5.74) is 0.332. The second-order valence-corrected chi connectivity index (χ2v) is 6.26. The van der Waals surface area contributed by atoms with Crippen LogP contribution in [0.25, 0.3) is 0 Å². The lowest BCUT2D eigenvalue weighted by molar-refractivity contribution is 0.126. The van der Waals surface area contributed by atoms with E-state index in [1.54, 1.807) is 0 Å². The Morgan fingerprint density at radius 2 is 2.00 bits per heavy atom. The number of likely N-dealkylation sites (N-methyl/N-ethyl adjacent to an activating group) is 1. The van der Waals surface area contributed by atoms with Crippen LogP contribution in [0.2, 0.25) is 0 Å². The van der Waals surface area contributed by atoms with E-state index in [-0.39, 0.29) is 12.1 Å². The second-order valence-electron chi connectivity index (χ2n) is 6.26. The molecule has 1 aliphatic heterocycles. The molecule has 0 bridgehead atoms. The third kappa shape index (κ3) is 4.04. The van der Waals surface area contributed by atoms with Crippen LogP contribution < -0.4 is 5.32 Å². The molecule has 1 saturated heterocycles. The normalized spacial score (nSPS) is 26.1. The van der Waals surface area contributed by atoms with Gasteiger partial charge in [-0.3, -0.25) is 0 Å². The van der Waals surface area contributed by atoms with Gasteiger partial charge in [-0.15, -0.1) is 0 Å². The molecule has 3 heteroatoms. The predicted molar refractivity (Wildman–Crippen MR) is 68.6 cm³/mol. The maximum absolute atomic E-state index is 9.40. The van der Waals surface area contributed by atoms with Crippen molar-refractivity contribution in [3.63, 3.8) is 0 Å². The Labute approximate surface area is 100 Å². The van der Waals surface area contributed by atoms with Crippen molar-refractivity contribution < 1.29 is 5.11 Å². The maximum atomic E-state index is 9.40. The number of rotatable bonds is 4. The Morgan fingerprint density at radius 3 is 2.56 bits per heavy atom. The molecule has 1 heterocycles. The molecule has 1 atom stereocenters. The monoisotopic (exact) mass is 228 g/mol. The maximum Gasteiger partial charge on any atom is 0.0623 e. The molecule has 0 radical (unpaired) electrons. The van der Waals surface area contributed by atoms with Gasteiger partial charge in [0, 0.05) is 6.54 Å². The zero-order valence-corrected chi connectivity index (χ0v) is 11.3. The molecule has 0 amide bonds. The molecule has 1 aliphatic rings. The summed E-state index contributed by atoms with van der Waals surface area (Å²) in [6.07, 6.45) is 3.86. The van der Waals surface area contributed by atoms with Crippen LogP contribution in [0.15, 0.2) is 0 Å². The Bertz CT molecular complexity index is 212. The Balaban J connectivity index is 2.49. The first-order valence-electron chi connectivity index (χ1n) is 6.43. The molecular weight excluding hydrogens is 200 g/mol. The highest BCUT2D eigenvalue weighted by Gasteiger charge is 2.28. The lowest BCUT2D eigenvalue weighted by atomic mass is 9.85. The molecule has 1 fully saturated rings. The first-order valence-corrected chi connectivity index (χ1v) is 6.43. The average Bonchev–Trinajstić information content (AvgIpc) is 2.40. The van der Waals surface area contributed by atoms with Gasteiger partial charge in [-0.2, -0.15) is 0 Å². The van der Waals surface area contributed by atoms with Gasteiger partial charge in [-0.05, 0) is 51.7 Å². The first kappa shape index (κ1) is 13.9. The fourth-order valence-corrected chi connectivity index (χ4v) is 2.34. The summed E-state index contributed by atoms with van der Waals surface area (Å²) in [5.74, 6) is 0. The summed E-state index contributed by atoms with van der Waals surface area (Å²) in [5, 5.41) is 12.6. The van der Waals surface area contributed by atoms with E-state index >= 15 is 0 Å². The fourth-order valence-electron chi connectivity index (χ4n) is 2.34. The smallest absolute Gasteiger partial charge is 0.0623 e. The van der Waals surface area contributed by atoms with E-state index in [9.17, 15) is 5.11 Å². The van der Waals surface area contributed by atoms with Crippen LogP contribution in [0.1, 0.15) is 40.0 Å². The molecule has 96 valence electrons. The van der Waals surface area contributed by atoms with Crippen molar-refractivity contribution in [3.05, 3.63) is 0 Å². The van der Waals surface area contributed by atoms with Gasteiger partial charge >= 0.3 is 0 Å². The Hall–Kier alpha value is -0.120. The van der Waals surface area contributed by atoms with Crippen LogP contribution in [0.5, 0.6) is 0 Å². The van der Waals surface area contributed by atoms with Gasteiger partial charge in [-0.25, -0.2) is 0 Å². The lowest BCUT2D eigenvalue weighted by Gasteiger charge is -2.33. The summed E-state index contributed by atoms with van der Waals surface area (Å²) < 4.78 is 0. The van der Waals surface area contributed by atoms with Gasteiger partial charge in [0.1, 0.15) is 0 Å². The third-order valence-electron chi connectivity index (χ3n) is 3.96. The van der Waals surface area contributed by atoms with Gasteiger partial charge in [0.2, 0.25) is 0 Å². The van der Waals surface area contributed by atoms with E-state index < -0.39 is 0 Å². The SMILES string of the molecule is CNC(C)(CO)CN1CCCC(C)(C)CC1. The van der Waals surface area contributed by atoms with Crippen molar-refractivity contribution in [2.75, 3.05) is 33.3 Å². The Morgan fingerprint density at radius 1 is 1.31 bits per heavy atom. The number of hydrogen-bond acceptors (Lipinski definition) is 3. The molecule has 3 nitrogen and oxygen atoms in total. The van der Waals surface area contributed by atoms with Gasteiger partial charge in [0.25, 0.3) is 0 Å². The average molecular weight is 228 g/mol. The molecule has 1 rings (SSSR count). The second kappa shape index (κ2) is 5.48. The van der Waals surface area contributed by atoms with Crippen molar-refractivity contribution in [2.45, 2.75) is 45.6 Å². The lowest BCUT2D eigenvalue weighted by Crippen LogP contribution is -2.52. The van der Waals surface area contributed by atoms with Crippen molar-refractivity contribution >= 4 is 0 Å². The third-order valence-corrected chi connectivity index (χ3v) is 3.96. The molecule has 0 aromatic heterocycles. The molecule has 2 N–H and O–H groups in total. The van der Waals surface area contributed by atoms with E-state index in [2.05, 4.69) is 31.0 Å². The minimum Gasteiger partial charge on any atom is -0.394 e. The molecule has 0 saturated carbocycles. The minimum atomic E-state index is -0.158. The number of aliphatic hydroxyl groups is 1. The van der Waals surface area contributed by atoms with Crippen LogP contribution >= 0.6 is 0 Å². The Kier molecular flexibility index (Phi) is 4.77. The molecule has 1 unspecified atom stereocenters. The molecule has 0 aromatic rings. The van der Waals surface area contributed by atoms with Gasteiger partial charge in [0.15, 0.2) is 0 Å². The van der Waals surface area contributed by atoms with Crippen LogP contribution in [-0.2, 0) is 0 Å². The van der Waals surface area contributed by atoms with E-state index in [0.29, 0.717) is 5.41 Å². The van der Waals surface area contributed by atoms with Crippen LogP contribution in [-0.4, -0.2) is 48.8 Å². The van der Waals surface area contributed by atoms with E-state index in [4.69, 9.17) is 0 Å². The summed E-state index contributed by atoms with van der Waals surface area (Å²) in [7, 11) is 1.93. The largest absolute Gasteiger partial charge is 0.394 e. The minimum absolute atomic E-state index is 0.158. The number of nitrogens with zero attached hydrogens (tertiary/aromatic N) is 1. The van der Waals surface area contributed by atoms with Crippen LogP contribution in [0.4, 0.5) is 0 Å². The predicted octanol–water partition coefficient (Wildman–Crippen LogP) is 1.47. The quantitative estimate of drug-likeness (QED) is 0.765. The number of hydrogen-bond donors (Lipinski definition) is 2. The molecule has 0 aliphatic carbocycles. The number of nitrogens with one attached hydrogen (secondary N) is 1. The highest BCUT2D eigenvalue weighted by atomic mass is 16.3. The summed E-state index contributed by atoms with van der Waals surface area (Å²) >= 11 is 0. The topological polar surface area (TPSA) is 35.5 Å². The summed E-state index contributed by atoms with van der Waals surface area (Å²) in [4.78, 5) is 2.49. The summed E-state index contributed by atoms with van der Waals surface area (Å²) in [6.45, 7) is 10.3.